The van der Waals surface area contributed by atoms with Crippen LogP contribution in [0.25, 0.3) is 0 Å². The molecular weight excluding hydrogens is 264 g/mol. The highest BCUT2D eigenvalue weighted by Crippen LogP contribution is 2.20. The molecule has 1 aromatic carbocycles. The SMILES string of the molecule is Cc1ccc(OC2CCN(C(=O)CCCC#N)CC2)cc1. The first-order valence-corrected chi connectivity index (χ1v) is 7.57. The number of benzene rings is 1. The molecule has 0 aliphatic carbocycles. The topological polar surface area (TPSA) is 53.3 Å². The van der Waals surface area contributed by atoms with Crippen molar-refractivity contribution in [2.24, 2.45) is 0 Å². The zero-order chi connectivity index (χ0) is 15.1. The van der Waals surface area contributed by atoms with Crippen molar-refractivity contribution in [2.45, 2.75) is 45.1 Å². The largest absolute Gasteiger partial charge is 0.490 e. The molecule has 4 nitrogen and oxygen atoms in total. The van der Waals surface area contributed by atoms with Gasteiger partial charge in [-0.25, -0.2) is 0 Å². The van der Waals surface area contributed by atoms with Gasteiger partial charge in [-0.1, -0.05) is 17.7 Å². The van der Waals surface area contributed by atoms with Gasteiger partial charge in [0.15, 0.2) is 0 Å². The highest BCUT2D eigenvalue weighted by Gasteiger charge is 2.23. The summed E-state index contributed by atoms with van der Waals surface area (Å²) in [5.41, 5.74) is 1.22. The van der Waals surface area contributed by atoms with Crippen molar-refractivity contribution in [2.75, 3.05) is 13.1 Å². The van der Waals surface area contributed by atoms with Crippen LogP contribution in [0.3, 0.4) is 0 Å². The number of hydrogen-bond acceptors (Lipinski definition) is 3. The predicted molar refractivity (Wildman–Crippen MR) is 80.9 cm³/mol. The molecule has 1 aliphatic heterocycles. The van der Waals surface area contributed by atoms with E-state index in [2.05, 4.69) is 13.0 Å². The number of carbonyl (C=O) groups excluding carboxylic acids is 1. The van der Waals surface area contributed by atoms with Crippen molar-refractivity contribution in [1.29, 1.82) is 5.26 Å². The molecule has 0 atom stereocenters. The molecule has 1 fully saturated rings. The van der Waals surface area contributed by atoms with Crippen LogP contribution in [0.4, 0.5) is 0 Å². The third-order valence-electron chi connectivity index (χ3n) is 3.80. The number of aryl methyl sites for hydroxylation is 1. The normalized spacial score (nSPS) is 15.5. The quantitative estimate of drug-likeness (QED) is 0.782. The summed E-state index contributed by atoms with van der Waals surface area (Å²) in [6, 6.07) is 10.2. The van der Waals surface area contributed by atoms with Crippen molar-refractivity contribution in [3.05, 3.63) is 29.8 Å². The van der Waals surface area contributed by atoms with Crippen molar-refractivity contribution < 1.29 is 9.53 Å². The van der Waals surface area contributed by atoms with Gasteiger partial charge in [0.05, 0.1) is 6.07 Å². The maximum atomic E-state index is 12.0. The summed E-state index contributed by atoms with van der Waals surface area (Å²) in [5, 5.41) is 8.49. The lowest BCUT2D eigenvalue weighted by molar-refractivity contribution is -0.133. The summed E-state index contributed by atoms with van der Waals surface area (Å²) in [6.45, 7) is 3.56. The number of ether oxygens (including phenoxy) is 1. The summed E-state index contributed by atoms with van der Waals surface area (Å²) in [7, 11) is 0. The van der Waals surface area contributed by atoms with E-state index in [0.29, 0.717) is 19.3 Å². The Bertz CT molecular complexity index is 497. The van der Waals surface area contributed by atoms with Crippen LogP contribution in [0.15, 0.2) is 24.3 Å². The number of piperidine rings is 1. The molecule has 0 radical (unpaired) electrons. The fraction of sp³-hybridized carbons (Fsp3) is 0.529. The molecule has 0 spiro atoms. The molecule has 21 heavy (non-hydrogen) atoms. The number of nitriles is 1. The molecule has 2 rings (SSSR count). The molecule has 1 heterocycles. The first kappa shape index (κ1) is 15.4. The molecule has 0 saturated carbocycles. The van der Waals surface area contributed by atoms with Gasteiger partial charge < -0.3 is 9.64 Å². The maximum absolute atomic E-state index is 12.0. The van der Waals surface area contributed by atoms with Gasteiger partial charge >= 0.3 is 0 Å². The predicted octanol–water partition coefficient (Wildman–Crippen LogP) is 3.06. The lowest BCUT2D eigenvalue weighted by atomic mass is 10.1. The summed E-state index contributed by atoms with van der Waals surface area (Å²) in [4.78, 5) is 13.8. The van der Waals surface area contributed by atoms with Crippen LogP contribution in [0.5, 0.6) is 5.75 Å². The zero-order valence-corrected chi connectivity index (χ0v) is 12.5. The first-order valence-electron chi connectivity index (χ1n) is 7.57. The van der Waals surface area contributed by atoms with E-state index >= 15 is 0 Å². The first-order chi connectivity index (χ1) is 10.2. The Morgan fingerprint density at radius 3 is 2.62 bits per heavy atom. The minimum absolute atomic E-state index is 0.166. The van der Waals surface area contributed by atoms with Gasteiger partial charge in [-0.2, -0.15) is 5.26 Å². The zero-order valence-electron chi connectivity index (χ0n) is 12.5. The molecule has 1 saturated heterocycles. The summed E-state index contributed by atoms with van der Waals surface area (Å²) in [5.74, 6) is 1.07. The van der Waals surface area contributed by atoms with Crippen LogP contribution < -0.4 is 4.74 Å². The standard InChI is InChI=1S/C17H22N2O2/c1-14-5-7-15(8-6-14)21-16-9-12-19(13-10-16)17(20)4-2-3-11-18/h5-8,16H,2-4,9-10,12-13H2,1H3. The molecule has 0 unspecified atom stereocenters. The lowest BCUT2D eigenvalue weighted by Gasteiger charge is -2.32. The molecule has 0 bridgehead atoms. The molecule has 1 aliphatic rings. The van der Waals surface area contributed by atoms with E-state index < -0.39 is 0 Å². The third-order valence-corrected chi connectivity index (χ3v) is 3.80. The van der Waals surface area contributed by atoms with Crippen LogP contribution in [0, 0.1) is 18.3 Å². The van der Waals surface area contributed by atoms with Gasteiger partial charge in [-0.15, -0.1) is 0 Å². The number of amides is 1. The van der Waals surface area contributed by atoms with E-state index in [-0.39, 0.29) is 12.0 Å². The van der Waals surface area contributed by atoms with Gasteiger partial charge in [-0.05, 0) is 25.5 Å². The van der Waals surface area contributed by atoms with E-state index in [1.807, 2.05) is 29.2 Å². The fourth-order valence-electron chi connectivity index (χ4n) is 2.51. The number of carbonyl (C=O) groups is 1. The second-order valence-electron chi connectivity index (χ2n) is 5.52. The van der Waals surface area contributed by atoms with Gasteiger partial charge in [-0.3, -0.25) is 4.79 Å². The second kappa shape index (κ2) is 7.68. The Kier molecular flexibility index (Phi) is 5.62. The Hall–Kier alpha value is -2.02. The molecule has 0 N–H and O–H groups in total. The average Bonchev–Trinajstić information content (AvgIpc) is 2.50. The molecule has 1 amide bonds. The minimum atomic E-state index is 0.166. The van der Waals surface area contributed by atoms with Crippen LogP contribution in [0.2, 0.25) is 0 Å². The molecular formula is C17H22N2O2. The van der Waals surface area contributed by atoms with Gasteiger partial charge in [0, 0.05) is 38.8 Å². The molecule has 4 heteroatoms. The number of unbranched alkanes of at least 4 members (excludes halogenated alkanes) is 1. The Morgan fingerprint density at radius 1 is 1.33 bits per heavy atom. The van der Waals surface area contributed by atoms with Gasteiger partial charge in [0.25, 0.3) is 0 Å². The monoisotopic (exact) mass is 286 g/mol. The summed E-state index contributed by atoms with van der Waals surface area (Å²) in [6.07, 6.45) is 3.54. The lowest BCUT2D eigenvalue weighted by Crippen LogP contribution is -2.41. The fourth-order valence-corrected chi connectivity index (χ4v) is 2.51. The van der Waals surface area contributed by atoms with E-state index in [1.165, 1.54) is 5.56 Å². The van der Waals surface area contributed by atoms with Crippen LogP contribution in [-0.4, -0.2) is 30.0 Å². The maximum Gasteiger partial charge on any atom is 0.222 e. The second-order valence-corrected chi connectivity index (χ2v) is 5.52. The Labute approximate surface area is 126 Å². The van der Waals surface area contributed by atoms with Crippen LogP contribution in [0.1, 0.15) is 37.7 Å². The van der Waals surface area contributed by atoms with E-state index in [1.54, 1.807) is 0 Å². The highest BCUT2D eigenvalue weighted by molar-refractivity contribution is 5.76. The number of nitrogens with zero attached hydrogens (tertiary/aromatic N) is 2. The minimum Gasteiger partial charge on any atom is -0.490 e. The van der Waals surface area contributed by atoms with Gasteiger partial charge in [0.1, 0.15) is 11.9 Å². The number of rotatable bonds is 5. The Morgan fingerprint density at radius 2 is 2.00 bits per heavy atom. The Balaban J connectivity index is 1.74. The number of likely N-dealkylation sites (tertiary alicyclic amines) is 1. The summed E-state index contributed by atoms with van der Waals surface area (Å²) >= 11 is 0. The van der Waals surface area contributed by atoms with Gasteiger partial charge in [0.2, 0.25) is 5.91 Å². The molecule has 1 aromatic rings. The van der Waals surface area contributed by atoms with Crippen molar-refractivity contribution in [3.63, 3.8) is 0 Å². The number of hydrogen-bond donors (Lipinski definition) is 0. The van der Waals surface area contributed by atoms with Crippen LogP contribution >= 0.6 is 0 Å². The van der Waals surface area contributed by atoms with Crippen molar-refractivity contribution >= 4 is 5.91 Å². The van der Waals surface area contributed by atoms with E-state index in [9.17, 15) is 4.79 Å². The van der Waals surface area contributed by atoms with Crippen molar-refractivity contribution in [1.82, 2.24) is 4.90 Å². The van der Waals surface area contributed by atoms with E-state index in [0.717, 1.165) is 31.7 Å². The third kappa shape index (κ3) is 4.78. The van der Waals surface area contributed by atoms with E-state index in [4.69, 9.17) is 10.00 Å². The average molecular weight is 286 g/mol. The van der Waals surface area contributed by atoms with Crippen molar-refractivity contribution in [3.8, 4) is 11.8 Å². The molecule has 112 valence electrons. The summed E-state index contributed by atoms with van der Waals surface area (Å²) < 4.78 is 5.96. The smallest absolute Gasteiger partial charge is 0.222 e. The molecule has 0 aromatic heterocycles. The van der Waals surface area contributed by atoms with Crippen LogP contribution in [-0.2, 0) is 4.79 Å². The highest BCUT2D eigenvalue weighted by atomic mass is 16.5.